The summed E-state index contributed by atoms with van der Waals surface area (Å²) in [5.74, 6) is 1.70. The van der Waals surface area contributed by atoms with Crippen LogP contribution in [0.1, 0.15) is 54.4 Å². The second kappa shape index (κ2) is 6.91. The zero-order valence-corrected chi connectivity index (χ0v) is 13.4. The fourth-order valence-corrected chi connectivity index (χ4v) is 3.25. The van der Waals surface area contributed by atoms with Crippen molar-refractivity contribution in [2.75, 3.05) is 26.2 Å². The SMILES string of the molecule is CCNCC(C)(CC)CN1CC(C)CC(C)C1C. The molecule has 1 saturated heterocycles. The van der Waals surface area contributed by atoms with E-state index in [4.69, 9.17) is 0 Å². The topological polar surface area (TPSA) is 15.3 Å². The van der Waals surface area contributed by atoms with E-state index in [0.717, 1.165) is 31.0 Å². The van der Waals surface area contributed by atoms with Crippen LogP contribution in [0.2, 0.25) is 0 Å². The number of hydrogen-bond acceptors (Lipinski definition) is 2. The molecule has 0 bridgehead atoms. The van der Waals surface area contributed by atoms with Crippen LogP contribution in [0.5, 0.6) is 0 Å². The molecule has 1 aliphatic heterocycles. The lowest BCUT2D eigenvalue weighted by Crippen LogP contribution is -2.51. The lowest BCUT2D eigenvalue weighted by molar-refractivity contribution is 0.0397. The Labute approximate surface area is 115 Å². The van der Waals surface area contributed by atoms with Gasteiger partial charge in [-0.3, -0.25) is 4.90 Å². The van der Waals surface area contributed by atoms with Crippen molar-refractivity contribution in [3.05, 3.63) is 0 Å². The Morgan fingerprint density at radius 2 is 1.89 bits per heavy atom. The van der Waals surface area contributed by atoms with Crippen molar-refractivity contribution in [3.8, 4) is 0 Å². The Hall–Kier alpha value is -0.0800. The maximum atomic E-state index is 3.54. The van der Waals surface area contributed by atoms with Crippen LogP contribution in [-0.4, -0.2) is 37.1 Å². The summed E-state index contributed by atoms with van der Waals surface area (Å²) in [6.45, 7) is 19.0. The zero-order valence-electron chi connectivity index (χ0n) is 13.4. The van der Waals surface area contributed by atoms with Gasteiger partial charge in [0, 0.05) is 25.7 Å². The second-order valence-corrected chi connectivity index (χ2v) is 6.93. The van der Waals surface area contributed by atoms with Gasteiger partial charge in [-0.2, -0.15) is 0 Å². The average Bonchev–Trinajstić information content (AvgIpc) is 2.33. The summed E-state index contributed by atoms with van der Waals surface area (Å²) >= 11 is 0. The lowest BCUT2D eigenvalue weighted by Gasteiger charge is -2.45. The molecular formula is C16H34N2. The van der Waals surface area contributed by atoms with Gasteiger partial charge in [0.2, 0.25) is 0 Å². The van der Waals surface area contributed by atoms with E-state index in [9.17, 15) is 0 Å². The van der Waals surface area contributed by atoms with Crippen LogP contribution in [0.3, 0.4) is 0 Å². The normalized spacial score (nSPS) is 33.3. The van der Waals surface area contributed by atoms with Gasteiger partial charge in [0.05, 0.1) is 0 Å². The van der Waals surface area contributed by atoms with Crippen LogP contribution in [0.4, 0.5) is 0 Å². The van der Waals surface area contributed by atoms with Crippen LogP contribution < -0.4 is 5.32 Å². The molecule has 0 amide bonds. The van der Waals surface area contributed by atoms with Crippen LogP contribution >= 0.6 is 0 Å². The van der Waals surface area contributed by atoms with Gasteiger partial charge in [0.1, 0.15) is 0 Å². The Morgan fingerprint density at radius 1 is 1.22 bits per heavy atom. The molecule has 0 aliphatic carbocycles. The van der Waals surface area contributed by atoms with Gasteiger partial charge < -0.3 is 5.32 Å². The summed E-state index contributed by atoms with van der Waals surface area (Å²) in [6, 6.07) is 0.744. The van der Waals surface area contributed by atoms with E-state index in [-0.39, 0.29) is 0 Å². The molecular weight excluding hydrogens is 220 g/mol. The Balaban J connectivity index is 2.61. The Morgan fingerprint density at radius 3 is 2.44 bits per heavy atom. The summed E-state index contributed by atoms with van der Waals surface area (Å²) in [6.07, 6.45) is 2.65. The highest BCUT2D eigenvalue weighted by molar-refractivity contribution is 4.87. The number of rotatable bonds is 6. The summed E-state index contributed by atoms with van der Waals surface area (Å²) < 4.78 is 0. The smallest absolute Gasteiger partial charge is 0.00930 e. The Kier molecular flexibility index (Phi) is 6.13. The highest BCUT2D eigenvalue weighted by Gasteiger charge is 2.33. The van der Waals surface area contributed by atoms with Crippen LogP contribution in [0.15, 0.2) is 0 Å². The van der Waals surface area contributed by atoms with Gasteiger partial charge in [-0.05, 0) is 43.6 Å². The quantitative estimate of drug-likeness (QED) is 0.782. The first-order valence-electron chi connectivity index (χ1n) is 7.86. The van der Waals surface area contributed by atoms with Crippen molar-refractivity contribution in [2.24, 2.45) is 17.3 Å². The third-order valence-corrected chi connectivity index (χ3v) is 4.96. The molecule has 1 fully saturated rings. The number of likely N-dealkylation sites (tertiary alicyclic amines) is 1. The summed E-state index contributed by atoms with van der Waals surface area (Å²) in [7, 11) is 0. The molecule has 1 heterocycles. The van der Waals surface area contributed by atoms with E-state index in [0.29, 0.717) is 5.41 Å². The molecule has 0 aromatic carbocycles. The van der Waals surface area contributed by atoms with E-state index in [1.807, 2.05) is 0 Å². The minimum atomic E-state index is 0.418. The van der Waals surface area contributed by atoms with Crippen molar-refractivity contribution in [2.45, 2.75) is 60.4 Å². The Bertz CT molecular complexity index is 241. The minimum Gasteiger partial charge on any atom is -0.316 e. The molecule has 0 spiro atoms. The lowest BCUT2D eigenvalue weighted by atomic mass is 9.81. The molecule has 108 valence electrons. The molecule has 0 radical (unpaired) electrons. The standard InChI is InChI=1S/C16H34N2/c1-7-16(6,11-17-8-2)12-18-10-13(3)9-14(4)15(18)5/h13-15,17H,7-12H2,1-6H3. The predicted molar refractivity (Wildman–Crippen MR) is 80.9 cm³/mol. The van der Waals surface area contributed by atoms with Crippen molar-refractivity contribution in [1.82, 2.24) is 10.2 Å². The molecule has 18 heavy (non-hydrogen) atoms. The number of nitrogens with zero attached hydrogens (tertiary/aromatic N) is 1. The van der Waals surface area contributed by atoms with E-state index in [2.05, 4.69) is 51.8 Å². The zero-order chi connectivity index (χ0) is 13.8. The monoisotopic (exact) mass is 254 g/mol. The molecule has 1 rings (SSSR count). The van der Waals surface area contributed by atoms with Gasteiger partial charge >= 0.3 is 0 Å². The minimum absolute atomic E-state index is 0.418. The first-order valence-corrected chi connectivity index (χ1v) is 7.86. The van der Waals surface area contributed by atoms with E-state index in [1.165, 1.54) is 25.9 Å². The summed E-state index contributed by atoms with van der Waals surface area (Å²) in [5.41, 5.74) is 0.418. The van der Waals surface area contributed by atoms with Gasteiger partial charge in [0.15, 0.2) is 0 Å². The molecule has 0 saturated carbocycles. The number of nitrogens with one attached hydrogen (secondary N) is 1. The van der Waals surface area contributed by atoms with Gasteiger partial charge in [-0.25, -0.2) is 0 Å². The fraction of sp³-hybridized carbons (Fsp3) is 1.00. The van der Waals surface area contributed by atoms with Crippen molar-refractivity contribution < 1.29 is 0 Å². The maximum absolute atomic E-state index is 3.54. The largest absolute Gasteiger partial charge is 0.316 e. The highest BCUT2D eigenvalue weighted by atomic mass is 15.2. The first-order chi connectivity index (χ1) is 8.41. The van der Waals surface area contributed by atoms with E-state index in [1.54, 1.807) is 0 Å². The maximum Gasteiger partial charge on any atom is 0.00930 e. The number of piperidine rings is 1. The van der Waals surface area contributed by atoms with Gasteiger partial charge in [-0.1, -0.05) is 34.6 Å². The highest BCUT2D eigenvalue weighted by Crippen LogP contribution is 2.31. The molecule has 0 aromatic heterocycles. The second-order valence-electron chi connectivity index (χ2n) is 6.93. The predicted octanol–water partition coefficient (Wildman–Crippen LogP) is 3.38. The molecule has 0 aromatic rings. The van der Waals surface area contributed by atoms with Crippen molar-refractivity contribution in [3.63, 3.8) is 0 Å². The molecule has 1 aliphatic rings. The number of hydrogen-bond donors (Lipinski definition) is 1. The first kappa shape index (κ1) is 16.0. The van der Waals surface area contributed by atoms with Crippen LogP contribution in [0, 0.1) is 17.3 Å². The molecule has 2 heteroatoms. The van der Waals surface area contributed by atoms with E-state index >= 15 is 0 Å². The summed E-state index contributed by atoms with van der Waals surface area (Å²) in [5, 5.41) is 3.54. The molecule has 4 atom stereocenters. The average molecular weight is 254 g/mol. The molecule has 4 unspecified atom stereocenters. The van der Waals surface area contributed by atoms with Crippen LogP contribution in [0.25, 0.3) is 0 Å². The third kappa shape index (κ3) is 4.24. The molecule has 2 nitrogen and oxygen atoms in total. The van der Waals surface area contributed by atoms with Crippen LogP contribution in [-0.2, 0) is 0 Å². The summed E-state index contributed by atoms with van der Waals surface area (Å²) in [4.78, 5) is 2.74. The fourth-order valence-electron chi connectivity index (χ4n) is 3.25. The molecule has 1 N–H and O–H groups in total. The van der Waals surface area contributed by atoms with Crippen molar-refractivity contribution in [1.29, 1.82) is 0 Å². The van der Waals surface area contributed by atoms with Gasteiger partial charge in [-0.15, -0.1) is 0 Å². The van der Waals surface area contributed by atoms with Gasteiger partial charge in [0.25, 0.3) is 0 Å². The van der Waals surface area contributed by atoms with Crippen molar-refractivity contribution >= 4 is 0 Å². The third-order valence-electron chi connectivity index (χ3n) is 4.96. The van der Waals surface area contributed by atoms with E-state index < -0.39 is 0 Å².